The molecule has 2 saturated heterocycles. The van der Waals surface area contributed by atoms with Crippen LogP contribution in [0.1, 0.15) is 29.6 Å². The molecule has 0 aliphatic carbocycles. The maximum absolute atomic E-state index is 13.5. The van der Waals surface area contributed by atoms with Gasteiger partial charge in [-0.3, -0.25) is 4.79 Å². The zero-order valence-corrected chi connectivity index (χ0v) is 18.5. The Bertz CT molecular complexity index is 1010. The molecule has 4 nitrogen and oxygen atoms in total. The van der Waals surface area contributed by atoms with Gasteiger partial charge in [0.25, 0.3) is 5.91 Å². The van der Waals surface area contributed by atoms with E-state index in [1.54, 1.807) is 0 Å². The molecule has 2 aliphatic heterocycles. The lowest BCUT2D eigenvalue weighted by molar-refractivity contribution is 0.0609. The Hall–Kier alpha value is -2.14. The van der Waals surface area contributed by atoms with Gasteiger partial charge < -0.3 is 10.2 Å². The highest BCUT2D eigenvalue weighted by molar-refractivity contribution is 6.07. The van der Waals surface area contributed by atoms with E-state index in [4.69, 9.17) is 4.98 Å². The van der Waals surface area contributed by atoms with Gasteiger partial charge >= 0.3 is 0 Å². The van der Waals surface area contributed by atoms with E-state index in [0.717, 1.165) is 66.7 Å². The number of nitrogens with zero attached hydrogens (tertiary/aromatic N) is 2. The average molecular weight is 444 g/mol. The number of aromatic nitrogens is 1. The molecule has 0 bridgehead atoms. The number of halogens is 2. The maximum Gasteiger partial charge on any atom is 0.254 e. The summed E-state index contributed by atoms with van der Waals surface area (Å²) in [5.74, 6) is 0.136. The highest BCUT2D eigenvalue weighted by Gasteiger charge is 2.38. The monoisotopic (exact) mass is 443 g/mol. The first-order chi connectivity index (χ1) is 13.7. The summed E-state index contributed by atoms with van der Waals surface area (Å²) in [5, 5.41) is 4.44. The molecule has 0 atom stereocenters. The standard InChI is InChI=1S/C24H25N3O.2ClH/c28-23(27-14-11-24(12-15-27)10-13-25-17-24)20-16-22(18-6-2-1-3-7-18)26-21-9-5-4-8-19(20)21;;/h1-9,16,25H,10-15,17H2;2*1H. The van der Waals surface area contributed by atoms with Gasteiger partial charge in [0.2, 0.25) is 0 Å². The summed E-state index contributed by atoms with van der Waals surface area (Å²) in [4.78, 5) is 20.3. The molecule has 30 heavy (non-hydrogen) atoms. The number of benzene rings is 2. The fraction of sp³-hybridized carbons (Fsp3) is 0.333. The predicted molar refractivity (Wildman–Crippen MR) is 127 cm³/mol. The lowest BCUT2D eigenvalue weighted by atomic mass is 9.77. The molecule has 3 aromatic rings. The number of fused-ring (bicyclic) bond motifs is 1. The lowest BCUT2D eigenvalue weighted by Gasteiger charge is -2.39. The summed E-state index contributed by atoms with van der Waals surface area (Å²) >= 11 is 0. The van der Waals surface area contributed by atoms with Crippen molar-refractivity contribution in [3.05, 3.63) is 66.2 Å². The van der Waals surface area contributed by atoms with Gasteiger partial charge in [-0.1, -0.05) is 48.5 Å². The van der Waals surface area contributed by atoms with Crippen LogP contribution in [0.3, 0.4) is 0 Å². The molecule has 1 N–H and O–H groups in total. The summed E-state index contributed by atoms with van der Waals surface area (Å²) in [6, 6.07) is 20.0. The van der Waals surface area contributed by atoms with Crippen LogP contribution in [0.5, 0.6) is 0 Å². The van der Waals surface area contributed by atoms with Crippen molar-refractivity contribution in [2.45, 2.75) is 19.3 Å². The molecule has 3 heterocycles. The molecule has 0 saturated carbocycles. The van der Waals surface area contributed by atoms with E-state index in [1.807, 2.05) is 65.6 Å². The fourth-order valence-electron chi connectivity index (χ4n) is 4.69. The van der Waals surface area contributed by atoms with Gasteiger partial charge in [-0.25, -0.2) is 4.98 Å². The Kier molecular flexibility index (Phi) is 7.02. The number of nitrogens with one attached hydrogen (secondary N) is 1. The van der Waals surface area contributed by atoms with Crippen molar-refractivity contribution in [1.82, 2.24) is 15.2 Å². The molecule has 158 valence electrons. The highest BCUT2D eigenvalue weighted by Crippen LogP contribution is 2.37. The first kappa shape index (κ1) is 22.5. The van der Waals surface area contributed by atoms with Crippen LogP contribution in [0, 0.1) is 5.41 Å². The molecule has 5 rings (SSSR count). The second-order valence-corrected chi connectivity index (χ2v) is 8.16. The third kappa shape index (κ3) is 4.18. The van der Waals surface area contributed by atoms with Crippen molar-refractivity contribution in [2.24, 2.45) is 5.41 Å². The Labute approximate surface area is 189 Å². The van der Waals surface area contributed by atoms with Crippen molar-refractivity contribution < 1.29 is 4.79 Å². The Balaban J connectivity index is 0.00000128. The Morgan fingerprint density at radius 2 is 1.63 bits per heavy atom. The molecule has 2 aromatic carbocycles. The molecule has 2 fully saturated rings. The minimum absolute atomic E-state index is 0. The smallest absolute Gasteiger partial charge is 0.254 e. The molecule has 0 radical (unpaired) electrons. The predicted octanol–water partition coefficient (Wildman–Crippen LogP) is 4.96. The topological polar surface area (TPSA) is 45.2 Å². The Morgan fingerprint density at radius 1 is 0.933 bits per heavy atom. The van der Waals surface area contributed by atoms with Crippen molar-refractivity contribution in [3.8, 4) is 11.3 Å². The van der Waals surface area contributed by atoms with Crippen molar-refractivity contribution >= 4 is 41.6 Å². The number of para-hydroxylation sites is 1. The van der Waals surface area contributed by atoms with Crippen LogP contribution < -0.4 is 5.32 Å². The van der Waals surface area contributed by atoms with Gasteiger partial charge in [0.1, 0.15) is 0 Å². The number of carbonyl (C=O) groups is 1. The van der Waals surface area contributed by atoms with E-state index in [9.17, 15) is 4.79 Å². The summed E-state index contributed by atoms with van der Waals surface area (Å²) in [5.41, 5.74) is 3.95. The maximum atomic E-state index is 13.5. The third-order valence-electron chi connectivity index (χ3n) is 6.46. The molecule has 2 aliphatic rings. The van der Waals surface area contributed by atoms with E-state index in [2.05, 4.69) is 5.32 Å². The van der Waals surface area contributed by atoms with Crippen LogP contribution in [0.4, 0.5) is 0 Å². The quantitative estimate of drug-likeness (QED) is 0.608. The van der Waals surface area contributed by atoms with E-state index < -0.39 is 0 Å². The SMILES string of the molecule is Cl.Cl.O=C(c1cc(-c2ccccc2)nc2ccccc12)N1CCC2(CCNC2)CC1. The minimum Gasteiger partial charge on any atom is -0.339 e. The van der Waals surface area contributed by atoms with Crippen molar-refractivity contribution in [3.63, 3.8) is 0 Å². The molecule has 0 unspecified atom stereocenters. The largest absolute Gasteiger partial charge is 0.339 e. The van der Waals surface area contributed by atoms with Crippen LogP contribution in [0.25, 0.3) is 22.2 Å². The van der Waals surface area contributed by atoms with Gasteiger partial charge in [-0.2, -0.15) is 0 Å². The van der Waals surface area contributed by atoms with Crippen LogP contribution in [0.2, 0.25) is 0 Å². The summed E-state index contributed by atoms with van der Waals surface area (Å²) in [6.07, 6.45) is 3.44. The first-order valence-corrected chi connectivity index (χ1v) is 10.2. The number of carbonyl (C=O) groups excluding carboxylic acids is 1. The third-order valence-corrected chi connectivity index (χ3v) is 6.46. The highest BCUT2D eigenvalue weighted by atomic mass is 35.5. The van der Waals surface area contributed by atoms with Gasteiger partial charge in [0.05, 0.1) is 16.8 Å². The van der Waals surface area contributed by atoms with Crippen LogP contribution >= 0.6 is 24.8 Å². The van der Waals surface area contributed by atoms with Crippen molar-refractivity contribution in [2.75, 3.05) is 26.2 Å². The van der Waals surface area contributed by atoms with Crippen LogP contribution in [-0.4, -0.2) is 42.0 Å². The van der Waals surface area contributed by atoms with Gasteiger partial charge in [-0.15, -0.1) is 24.8 Å². The Morgan fingerprint density at radius 3 is 2.33 bits per heavy atom. The summed E-state index contributed by atoms with van der Waals surface area (Å²) < 4.78 is 0. The number of amides is 1. The average Bonchev–Trinajstić information content (AvgIpc) is 3.21. The number of piperidine rings is 1. The van der Waals surface area contributed by atoms with E-state index in [0.29, 0.717) is 5.41 Å². The number of hydrogen-bond acceptors (Lipinski definition) is 3. The summed E-state index contributed by atoms with van der Waals surface area (Å²) in [7, 11) is 0. The second kappa shape index (κ2) is 9.34. The summed E-state index contributed by atoms with van der Waals surface area (Å²) in [6.45, 7) is 3.91. The number of rotatable bonds is 2. The fourth-order valence-corrected chi connectivity index (χ4v) is 4.69. The van der Waals surface area contributed by atoms with Crippen LogP contribution in [0.15, 0.2) is 60.7 Å². The first-order valence-electron chi connectivity index (χ1n) is 10.2. The van der Waals surface area contributed by atoms with E-state index in [-0.39, 0.29) is 30.7 Å². The molecule has 1 spiro atoms. The van der Waals surface area contributed by atoms with Gasteiger partial charge in [-0.05, 0) is 43.4 Å². The number of pyridine rings is 1. The number of hydrogen-bond donors (Lipinski definition) is 1. The molecule has 6 heteroatoms. The molecular weight excluding hydrogens is 417 g/mol. The molecule has 1 aromatic heterocycles. The zero-order chi connectivity index (χ0) is 19.0. The lowest BCUT2D eigenvalue weighted by Crippen LogP contribution is -2.44. The van der Waals surface area contributed by atoms with Gasteiger partial charge in [0.15, 0.2) is 0 Å². The second-order valence-electron chi connectivity index (χ2n) is 8.16. The van der Waals surface area contributed by atoms with E-state index in [1.165, 1.54) is 6.42 Å². The number of likely N-dealkylation sites (tertiary alicyclic amines) is 1. The van der Waals surface area contributed by atoms with E-state index >= 15 is 0 Å². The normalized spacial score (nSPS) is 17.4. The van der Waals surface area contributed by atoms with Gasteiger partial charge in [0, 0.05) is 30.6 Å². The molecule has 1 amide bonds. The molecular formula is C24H27Cl2N3O. The minimum atomic E-state index is 0. The van der Waals surface area contributed by atoms with Crippen molar-refractivity contribution in [1.29, 1.82) is 0 Å². The van der Waals surface area contributed by atoms with Crippen LogP contribution in [-0.2, 0) is 0 Å². The zero-order valence-electron chi connectivity index (χ0n) is 16.8.